The van der Waals surface area contributed by atoms with Crippen LogP contribution in [-0.4, -0.2) is 59.5 Å². The van der Waals surface area contributed by atoms with Crippen LogP contribution in [0.25, 0.3) is 0 Å². The lowest BCUT2D eigenvalue weighted by molar-refractivity contribution is -0.127. The van der Waals surface area contributed by atoms with Crippen LogP contribution in [0.4, 0.5) is 10.1 Å². The number of anilines is 1. The van der Waals surface area contributed by atoms with Gasteiger partial charge in [-0.05, 0) is 95.0 Å². The van der Waals surface area contributed by atoms with Gasteiger partial charge >= 0.3 is 0 Å². The molecule has 1 atom stereocenters. The first-order valence-corrected chi connectivity index (χ1v) is 13.8. The quantitative estimate of drug-likeness (QED) is 0.518. The monoisotopic (exact) mass is 490 g/mol. The highest BCUT2D eigenvalue weighted by molar-refractivity contribution is 5.98. The molecule has 1 saturated heterocycles. The summed E-state index contributed by atoms with van der Waals surface area (Å²) in [6.45, 7) is 7.27. The molecule has 0 spiro atoms. The number of halogens is 1. The van der Waals surface area contributed by atoms with Crippen LogP contribution >= 0.6 is 0 Å². The standard InChI is InChI=1S/C30H39FN4O/c1-21(2)33(3)30(36)26-18-23(31)8-7-9-28(26)35-20-27(25-14-15-32-19-29(25)35)22-10-12-24(13-11-22)34-16-5-4-6-17-34/h14-15,18-19,21-22,24,27H,4-6,9-13,16-17,20H2,1-3H3/t22-,24-,27?. The number of piperidine rings is 1. The van der Waals surface area contributed by atoms with E-state index in [-0.39, 0.29) is 11.9 Å². The number of carbonyl (C=O) groups excluding carboxylic acids is 1. The number of carbonyl (C=O) groups is 1. The molecular formula is C30H39FN4O. The van der Waals surface area contributed by atoms with E-state index in [1.807, 2.05) is 26.2 Å². The summed E-state index contributed by atoms with van der Waals surface area (Å²) in [6.07, 6.45) is 14.6. The maximum absolute atomic E-state index is 14.5. The fraction of sp³-hybridized carbons (Fsp3) is 0.600. The Kier molecular flexibility index (Phi) is 7.48. The lowest BCUT2D eigenvalue weighted by Gasteiger charge is -2.40. The van der Waals surface area contributed by atoms with Crippen LogP contribution in [0.2, 0.25) is 0 Å². The highest BCUT2D eigenvalue weighted by Gasteiger charge is 2.39. The Labute approximate surface area is 215 Å². The van der Waals surface area contributed by atoms with Crippen molar-refractivity contribution in [1.29, 1.82) is 0 Å². The van der Waals surface area contributed by atoms with E-state index in [0.717, 1.165) is 24.0 Å². The summed E-state index contributed by atoms with van der Waals surface area (Å²) in [4.78, 5) is 24.5. The predicted octanol–water partition coefficient (Wildman–Crippen LogP) is 5.41. The molecule has 1 aromatic heterocycles. The zero-order chi connectivity index (χ0) is 25.2. The van der Waals surface area contributed by atoms with Crippen molar-refractivity contribution in [1.82, 2.24) is 14.8 Å². The molecule has 2 aliphatic carbocycles. The van der Waals surface area contributed by atoms with E-state index in [4.69, 9.17) is 0 Å². The molecule has 1 aromatic rings. The molecule has 1 unspecified atom stereocenters. The summed E-state index contributed by atoms with van der Waals surface area (Å²) in [6, 6.07) is 2.90. The highest BCUT2D eigenvalue weighted by Crippen LogP contribution is 2.47. The van der Waals surface area contributed by atoms with Gasteiger partial charge in [-0.15, -0.1) is 0 Å². The van der Waals surface area contributed by atoms with Crippen molar-refractivity contribution in [3.63, 3.8) is 0 Å². The number of hydrogen-bond donors (Lipinski definition) is 0. The first-order chi connectivity index (χ1) is 17.4. The Bertz CT molecular complexity index is 1100. The molecule has 2 fully saturated rings. The van der Waals surface area contributed by atoms with Crippen molar-refractivity contribution in [2.45, 2.75) is 83.2 Å². The molecule has 5 rings (SSSR count). The average molecular weight is 491 g/mol. The number of allylic oxidation sites excluding steroid dienone is 2. The van der Waals surface area contributed by atoms with Crippen molar-refractivity contribution in [3.8, 4) is 11.8 Å². The summed E-state index contributed by atoms with van der Waals surface area (Å²) >= 11 is 0. The Morgan fingerprint density at radius 2 is 1.92 bits per heavy atom. The van der Waals surface area contributed by atoms with Crippen LogP contribution in [-0.2, 0) is 4.79 Å². The minimum absolute atomic E-state index is 0.0160. The van der Waals surface area contributed by atoms with Gasteiger partial charge in [-0.2, -0.15) is 4.39 Å². The van der Waals surface area contributed by atoms with Crippen LogP contribution in [0.1, 0.15) is 76.7 Å². The van der Waals surface area contributed by atoms with Crippen molar-refractivity contribution >= 4 is 11.6 Å². The van der Waals surface area contributed by atoms with E-state index in [2.05, 4.69) is 32.7 Å². The van der Waals surface area contributed by atoms with Crippen molar-refractivity contribution < 1.29 is 9.18 Å². The molecule has 1 saturated carbocycles. The van der Waals surface area contributed by atoms with Gasteiger partial charge in [0.1, 0.15) is 0 Å². The van der Waals surface area contributed by atoms with Crippen LogP contribution in [0, 0.1) is 17.8 Å². The Hall–Kier alpha value is -2.65. The third-order valence-electron chi connectivity index (χ3n) is 8.82. The molecule has 0 bridgehead atoms. The molecule has 36 heavy (non-hydrogen) atoms. The van der Waals surface area contributed by atoms with Crippen molar-refractivity contribution in [2.24, 2.45) is 5.92 Å². The van der Waals surface area contributed by atoms with E-state index in [9.17, 15) is 9.18 Å². The number of aromatic nitrogens is 1. The molecule has 0 aromatic carbocycles. The Balaban J connectivity index is 1.41. The molecule has 192 valence electrons. The maximum Gasteiger partial charge on any atom is 0.255 e. The number of hydrogen-bond acceptors (Lipinski definition) is 4. The summed E-state index contributed by atoms with van der Waals surface area (Å²) in [7, 11) is 1.78. The number of likely N-dealkylation sites (N-methyl/N-ethyl adjacent to an activating group) is 1. The summed E-state index contributed by atoms with van der Waals surface area (Å²) < 4.78 is 14.5. The fourth-order valence-electron chi connectivity index (χ4n) is 6.54. The highest BCUT2D eigenvalue weighted by atomic mass is 19.1. The topological polar surface area (TPSA) is 39.7 Å². The maximum atomic E-state index is 14.5. The number of rotatable bonds is 5. The lowest BCUT2D eigenvalue weighted by atomic mass is 9.76. The third-order valence-corrected chi connectivity index (χ3v) is 8.82. The second kappa shape index (κ2) is 10.8. The minimum Gasteiger partial charge on any atom is -0.341 e. The molecule has 1 amide bonds. The molecule has 3 heterocycles. The summed E-state index contributed by atoms with van der Waals surface area (Å²) in [5.41, 5.74) is 3.55. The van der Waals surface area contributed by atoms with E-state index in [1.165, 1.54) is 69.7 Å². The lowest BCUT2D eigenvalue weighted by Crippen LogP contribution is -2.42. The van der Waals surface area contributed by atoms with Crippen LogP contribution in [0.3, 0.4) is 0 Å². The predicted molar refractivity (Wildman–Crippen MR) is 142 cm³/mol. The van der Waals surface area contributed by atoms with Gasteiger partial charge in [0.25, 0.3) is 5.91 Å². The SMILES string of the molecule is CC(C)N(C)C(=O)C1=C(N2CC([C@H]3CC[C@H](N4CCCCC4)CC3)c3ccncc32)CC#CC(F)=C1. The number of pyridine rings is 1. The van der Waals surface area contributed by atoms with Gasteiger partial charge in [-0.3, -0.25) is 9.78 Å². The second-order valence-corrected chi connectivity index (χ2v) is 11.2. The zero-order valence-electron chi connectivity index (χ0n) is 22.0. The van der Waals surface area contributed by atoms with Crippen molar-refractivity contribution in [3.05, 3.63) is 47.2 Å². The first-order valence-electron chi connectivity index (χ1n) is 13.8. The number of likely N-dealkylation sites (tertiary alicyclic amines) is 1. The molecule has 2 aliphatic heterocycles. The second-order valence-electron chi connectivity index (χ2n) is 11.2. The van der Waals surface area contributed by atoms with Gasteiger partial charge in [-0.1, -0.05) is 12.3 Å². The zero-order valence-corrected chi connectivity index (χ0v) is 22.0. The number of nitrogens with zero attached hydrogens (tertiary/aromatic N) is 4. The van der Waals surface area contributed by atoms with Gasteiger partial charge in [0, 0.05) is 43.5 Å². The summed E-state index contributed by atoms with van der Waals surface area (Å²) in [5.74, 6) is 5.80. The minimum atomic E-state index is -0.552. The van der Waals surface area contributed by atoms with Gasteiger partial charge in [0.05, 0.1) is 23.9 Å². The van der Waals surface area contributed by atoms with Gasteiger partial charge in [0.2, 0.25) is 0 Å². The molecule has 0 radical (unpaired) electrons. The van der Waals surface area contributed by atoms with Gasteiger partial charge < -0.3 is 14.7 Å². The molecule has 6 heteroatoms. The van der Waals surface area contributed by atoms with Crippen LogP contribution in [0.5, 0.6) is 0 Å². The van der Waals surface area contributed by atoms with Gasteiger partial charge in [0.15, 0.2) is 5.83 Å². The van der Waals surface area contributed by atoms with E-state index < -0.39 is 5.83 Å². The average Bonchev–Trinajstić information content (AvgIpc) is 3.18. The normalized spacial score (nSPS) is 26.8. The van der Waals surface area contributed by atoms with Crippen molar-refractivity contribution in [2.75, 3.05) is 31.6 Å². The molecule has 0 N–H and O–H groups in total. The molecule has 4 aliphatic rings. The number of fused-ring (bicyclic) bond motifs is 1. The van der Waals surface area contributed by atoms with E-state index in [0.29, 0.717) is 23.8 Å². The molecular weight excluding hydrogens is 451 g/mol. The fourth-order valence-corrected chi connectivity index (χ4v) is 6.54. The third kappa shape index (κ3) is 4.95. The van der Waals surface area contributed by atoms with E-state index >= 15 is 0 Å². The van der Waals surface area contributed by atoms with Crippen LogP contribution in [0.15, 0.2) is 41.6 Å². The smallest absolute Gasteiger partial charge is 0.255 e. The first kappa shape index (κ1) is 25.0. The Morgan fingerprint density at radius 1 is 1.17 bits per heavy atom. The number of amides is 1. The largest absolute Gasteiger partial charge is 0.341 e. The summed E-state index contributed by atoms with van der Waals surface area (Å²) in [5, 5.41) is 0. The molecule has 5 nitrogen and oxygen atoms in total. The Morgan fingerprint density at radius 3 is 2.64 bits per heavy atom. The van der Waals surface area contributed by atoms with E-state index in [1.54, 1.807) is 11.9 Å². The van der Waals surface area contributed by atoms with Crippen LogP contribution < -0.4 is 4.90 Å². The van der Waals surface area contributed by atoms with Gasteiger partial charge in [-0.25, -0.2) is 0 Å².